The summed E-state index contributed by atoms with van der Waals surface area (Å²) >= 11 is 0. The Balaban J connectivity index is 2.11. The Morgan fingerprint density at radius 2 is 1.65 bits per heavy atom. The van der Waals surface area contributed by atoms with Gasteiger partial charge in [0, 0.05) is 32.2 Å². The summed E-state index contributed by atoms with van der Waals surface area (Å²) in [7, 11) is 0. The highest BCUT2D eigenvalue weighted by Gasteiger charge is 2.22. The average molecular weight is 278 g/mol. The van der Waals surface area contributed by atoms with Crippen LogP contribution in [-0.4, -0.2) is 37.1 Å². The third kappa shape index (κ3) is 3.32. The lowest BCUT2D eigenvalue weighted by atomic mass is 9.87. The minimum Gasteiger partial charge on any atom is -0.367 e. The van der Waals surface area contributed by atoms with Gasteiger partial charge in [-0.1, -0.05) is 26.8 Å². The van der Waals surface area contributed by atoms with Gasteiger partial charge in [-0.05, 0) is 37.0 Å². The van der Waals surface area contributed by atoms with Crippen LogP contribution >= 0.6 is 0 Å². The molecular weight excluding hydrogens is 251 g/mol. The van der Waals surface area contributed by atoms with E-state index in [-0.39, 0.29) is 11.2 Å². The fourth-order valence-corrected chi connectivity index (χ4v) is 2.71. The summed E-state index contributed by atoms with van der Waals surface area (Å²) in [6, 6.07) is 6.28. The Morgan fingerprint density at radius 1 is 1.05 bits per heavy atom. The fourth-order valence-electron chi connectivity index (χ4n) is 2.71. The molecule has 1 heterocycles. The Hall–Kier alpha value is -1.09. The fraction of sp³-hybridized carbons (Fsp3) is 0.647. The molecule has 0 unspecified atom stereocenters. The highest BCUT2D eigenvalue weighted by molar-refractivity contribution is 5.50. The number of benzene rings is 1. The van der Waals surface area contributed by atoms with Gasteiger partial charge in [-0.2, -0.15) is 0 Å². The van der Waals surface area contributed by atoms with Crippen LogP contribution in [0.15, 0.2) is 18.2 Å². The van der Waals surface area contributed by atoms with Crippen molar-refractivity contribution in [2.45, 2.75) is 46.1 Å². The summed E-state index contributed by atoms with van der Waals surface area (Å²) < 4.78 is 14.4. The van der Waals surface area contributed by atoms with Gasteiger partial charge in [0.15, 0.2) is 0 Å². The zero-order valence-electron chi connectivity index (χ0n) is 13.4. The lowest BCUT2D eigenvalue weighted by Gasteiger charge is -2.38. The van der Waals surface area contributed by atoms with Crippen molar-refractivity contribution in [3.05, 3.63) is 29.6 Å². The molecule has 1 aliphatic rings. The van der Waals surface area contributed by atoms with E-state index in [0.29, 0.717) is 6.04 Å². The second-order valence-corrected chi connectivity index (χ2v) is 7.03. The Bertz CT molecular complexity index is 455. The number of halogens is 1. The molecule has 3 heteroatoms. The summed E-state index contributed by atoms with van der Waals surface area (Å²) in [5, 5.41) is 0. The molecule has 0 atom stereocenters. The van der Waals surface area contributed by atoms with Gasteiger partial charge in [0.05, 0.1) is 5.69 Å². The predicted molar refractivity (Wildman–Crippen MR) is 84.0 cm³/mol. The minimum atomic E-state index is -0.0876. The van der Waals surface area contributed by atoms with Crippen molar-refractivity contribution >= 4 is 5.69 Å². The van der Waals surface area contributed by atoms with E-state index >= 15 is 0 Å². The van der Waals surface area contributed by atoms with Crippen molar-refractivity contribution in [2.75, 3.05) is 31.1 Å². The first-order valence-electron chi connectivity index (χ1n) is 7.58. The van der Waals surface area contributed by atoms with Crippen molar-refractivity contribution in [1.82, 2.24) is 4.90 Å². The van der Waals surface area contributed by atoms with Crippen LogP contribution in [-0.2, 0) is 5.41 Å². The maximum Gasteiger partial charge on any atom is 0.146 e. The second kappa shape index (κ2) is 5.72. The summed E-state index contributed by atoms with van der Waals surface area (Å²) in [5.41, 5.74) is 1.80. The number of hydrogen-bond donors (Lipinski definition) is 0. The molecule has 0 aliphatic carbocycles. The van der Waals surface area contributed by atoms with Crippen molar-refractivity contribution in [3.8, 4) is 0 Å². The molecule has 0 radical (unpaired) electrons. The average Bonchev–Trinajstić information content (AvgIpc) is 2.37. The molecule has 1 aliphatic heterocycles. The van der Waals surface area contributed by atoms with Crippen LogP contribution in [0.2, 0.25) is 0 Å². The molecule has 0 saturated carbocycles. The van der Waals surface area contributed by atoms with E-state index in [1.807, 2.05) is 6.07 Å². The van der Waals surface area contributed by atoms with Gasteiger partial charge >= 0.3 is 0 Å². The molecule has 2 rings (SSSR count). The van der Waals surface area contributed by atoms with Crippen LogP contribution in [0, 0.1) is 5.82 Å². The molecule has 0 bridgehead atoms. The first-order valence-corrected chi connectivity index (χ1v) is 7.58. The molecule has 1 fully saturated rings. The Morgan fingerprint density at radius 3 is 2.10 bits per heavy atom. The van der Waals surface area contributed by atoms with Gasteiger partial charge in [-0.3, -0.25) is 4.90 Å². The number of rotatable bonds is 2. The van der Waals surface area contributed by atoms with Gasteiger partial charge in [-0.25, -0.2) is 4.39 Å². The van der Waals surface area contributed by atoms with Crippen LogP contribution in [0.5, 0.6) is 0 Å². The summed E-state index contributed by atoms with van der Waals surface area (Å²) in [5.74, 6) is -0.0876. The zero-order chi connectivity index (χ0) is 14.9. The number of anilines is 1. The monoisotopic (exact) mass is 278 g/mol. The third-order valence-corrected chi connectivity index (χ3v) is 4.20. The molecule has 1 saturated heterocycles. The minimum absolute atomic E-state index is 0.00426. The first-order chi connectivity index (χ1) is 9.29. The van der Waals surface area contributed by atoms with Crippen LogP contribution in [0.3, 0.4) is 0 Å². The van der Waals surface area contributed by atoms with Crippen LogP contribution in [0.1, 0.15) is 40.2 Å². The molecule has 112 valence electrons. The van der Waals surface area contributed by atoms with Crippen molar-refractivity contribution in [3.63, 3.8) is 0 Å². The van der Waals surface area contributed by atoms with Crippen LogP contribution < -0.4 is 4.90 Å². The first kappa shape index (κ1) is 15.3. The lowest BCUT2D eigenvalue weighted by molar-refractivity contribution is 0.209. The van der Waals surface area contributed by atoms with Crippen LogP contribution in [0.25, 0.3) is 0 Å². The van der Waals surface area contributed by atoms with E-state index < -0.39 is 0 Å². The largest absolute Gasteiger partial charge is 0.367 e. The predicted octanol–water partition coefficient (Wildman–Crippen LogP) is 3.65. The molecule has 2 nitrogen and oxygen atoms in total. The molecular formula is C17H27FN2. The van der Waals surface area contributed by atoms with E-state index in [4.69, 9.17) is 0 Å². The van der Waals surface area contributed by atoms with E-state index in [9.17, 15) is 4.39 Å². The number of nitrogens with zero attached hydrogens (tertiary/aromatic N) is 2. The van der Waals surface area contributed by atoms with E-state index in [2.05, 4.69) is 50.5 Å². The van der Waals surface area contributed by atoms with Crippen molar-refractivity contribution < 1.29 is 4.39 Å². The maximum absolute atomic E-state index is 14.4. The Kier molecular flexibility index (Phi) is 4.38. The van der Waals surface area contributed by atoms with Crippen molar-refractivity contribution in [1.29, 1.82) is 0 Å². The summed E-state index contributed by atoms with van der Waals surface area (Å²) in [4.78, 5) is 4.61. The SMILES string of the molecule is CC(C)N1CCN(c2ccc(C(C)(C)C)cc2F)CC1. The summed E-state index contributed by atoms with van der Waals surface area (Å²) in [6.07, 6.45) is 0. The maximum atomic E-state index is 14.4. The van der Waals surface area contributed by atoms with E-state index in [1.165, 1.54) is 0 Å². The molecule has 0 spiro atoms. The number of hydrogen-bond acceptors (Lipinski definition) is 2. The van der Waals surface area contributed by atoms with Gasteiger partial charge in [0.25, 0.3) is 0 Å². The zero-order valence-corrected chi connectivity index (χ0v) is 13.4. The van der Waals surface area contributed by atoms with E-state index in [0.717, 1.165) is 37.4 Å². The Labute approximate surface area is 122 Å². The summed E-state index contributed by atoms with van der Waals surface area (Å²) in [6.45, 7) is 14.6. The van der Waals surface area contributed by atoms with Gasteiger partial charge in [-0.15, -0.1) is 0 Å². The van der Waals surface area contributed by atoms with Crippen molar-refractivity contribution in [2.24, 2.45) is 0 Å². The molecule has 20 heavy (non-hydrogen) atoms. The molecule has 0 aromatic heterocycles. The molecule has 0 N–H and O–H groups in total. The molecule has 1 aromatic rings. The van der Waals surface area contributed by atoms with E-state index in [1.54, 1.807) is 6.07 Å². The number of piperazine rings is 1. The standard InChI is InChI=1S/C17H27FN2/c1-13(2)19-8-10-20(11-9-19)16-7-6-14(12-15(16)18)17(3,4)5/h6-7,12-13H,8-11H2,1-5H3. The van der Waals surface area contributed by atoms with Gasteiger partial charge in [0.2, 0.25) is 0 Å². The smallest absolute Gasteiger partial charge is 0.146 e. The topological polar surface area (TPSA) is 6.48 Å². The third-order valence-electron chi connectivity index (χ3n) is 4.20. The lowest BCUT2D eigenvalue weighted by Crippen LogP contribution is -2.49. The quantitative estimate of drug-likeness (QED) is 0.814. The highest BCUT2D eigenvalue weighted by Crippen LogP contribution is 2.28. The second-order valence-electron chi connectivity index (χ2n) is 7.03. The van der Waals surface area contributed by atoms with Crippen LogP contribution in [0.4, 0.5) is 10.1 Å². The molecule has 0 amide bonds. The highest BCUT2D eigenvalue weighted by atomic mass is 19.1. The molecule has 1 aromatic carbocycles. The normalized spacial score (nSPS) is 17.9. The van der Waals surface area contributed by atoms with Gasteiger partial charge in [0.1, 0.15) is 5.82 Å². The van der Waals surface area contributed by atoms with Gasteiger partial charge < -0.3 is 4.90 Å².